The summed E-state index contributed by atoms with van der Waals surface area (Å²) in [6, 6.07) is 1.48. The molecular weight excluding hydrogens is 200 g/mol. The maximum Gasteiger partial charge on any atom is 0.242 e. The largest absolute Gasteiger partial charge is 0.263 e. The molecule has 1 aromatic rings. The van der Waals surface area contributed by atoms with E-state index >= 15 is 0 Å². The topological polar surface area (TPSA) is 59.1 Å². The molecule has 0 saturated carbocycles. The molecule has 0 radical (unpaired) electrons. The molecule has 1 heterocycles. The summed E-state index contributed by atoms with van der Waals surface area (Å²) in [6.45, 7) is 5.36. The van der Waals surface area contributed by atoms with Crippen LogP contribution in [0.5, 0.6) is 0 Å². The summed E-state index contributed by atoms with van der Waals surface area (Å²) in [5.41, 5.74) is 0.830. The van der Waals surface area contributed by atoms with Crippen molar-refractivity contribution in [2.75, 3.05) is 0 Å². The van der Waals surface area contributed by atoms with Gasteiger partial charge in [-0.05, 0) is 32.4 Å². The van der Waals surface area contributed by atoms with E-state index in [0.717, 1.165) is 5.56 Å². The Morgan fingerprint density at radius 3 is 2.50 bits per heavy atom. The van der Waals surface area contributed by atoms with Gasteiger partial charge in [0.05, 0.1) is 0 Å². The van der Waals surface area contributed by atoms with Crippen molar-refractivity contribution < 1.29 is 8.42 Å². The van der Waals surface area contributed by atoms with Crippen molar-refractivity contribution in [3.63, 3.8) is 0 Å². The molecule has 0 aromatic carbocycles. The number of nitrogens with zero attached hydrogens (tertiary/aromatic N) is 1. The minimum atomic E-state index is -3.39. The van der Waals surface area contributed by atoms with E-state index in [-0.39, 0.29) is 10.9 Å². The maximum absolute atomic E-state index is 11.6. The summed E-state index contributed by atoms with van der Waals surface area (Å²) in [7, 11) is -3.39. The minimum Gasteiger partial charge on any atom is -0.263 e. The van der Waals surface area contributed by atoms with Crippen molar-refractivity contribution in [2.45, 2.75) is 31.7 Å². The van der Waals surface area contributed by atoms with Gasteiger partial charge in [-0.25, -0.2) is 13.1 Å². The average Bonchev–Trinajstić information content (AvgIpc) is 2.01. The van der Waals surface area contributed by atoms with E-state index in [1.54, 1.807) is 33.0 Å². The first-order chi connectivity index (χ1) is 6.42. The summed E-state index contributed by atoms with van der Waals surface area (Å²) in [4.78, 5) is 4.05. The SMILES string of the molecule is Cc1cncc(S(=O)(=O)NC(C)C)c1. The van der Waals surface area contributed by atoms with Crippen molar-refractivity contribution in [3.05, 3.63) is 24.0 Å². The van der Waals surface area contributed by atoms with E-state index in [4.69, 9.17) is 0 Å². The molecule has 0 fully saturated rings. The fourth-order valence-corrected chi connectivity index (χ4v) is 2.35. The highest BCUT2D eigenvalue weighted by Crippen LogP contribution is 2.08. The second kappa shape index (κ2) is 4.06. The standard InChI is InChI=1S/C9H14N2O2S/c1-7(2)11-14(12,13)9-4-8(3)5-10-6-9/h4-7,11H,1-3H3. The first kappa shape index (κ1) is 11.1. The van der Waals surface area contributed by atoms with Crippen LogP contribution in [0, 0.1) is 6.92 Å². The summed E-state index contributed by atoms with van der Waals surface area (Å²) in [5, 5.41) is 0. The van der Waals surface area contributed by atoms with E-state index in [2.05, 4.69) is 9.71 Å². The Kier molecular flexibility index (Phi) is 3.23. The molecule has 14 heavy (non-hydrogen) atoms. The molecule has 4 nitrogen and oxygen atoms in total. The summed E-state index contributed by atoms with van der Waals surface area (Å²) >= 11 is 0. The number of aryl methyl sites for hydroxylation is 1. The van der Waals surface area contributed by atoms with Crippen LogP contribution in [-0.2, 0) is 10.0 Å². The van der Waals surface area contributed by atoms with Crippen LogP contribution in [0.15, 0.2) is 23.4 Å². The number of hydrogen-bond donors (Lipinski definition) is 1. The van der Waals surface area contributed by atoms with Crippen molar-refractivity contribution in [2.24, 2.45) is 0 Å². The van der Waals surface area contributed by atoms with Crippen molar-refractivity contribution in [1.29, 1.82) is 0 Å². The lowest BCUT2D eigenvalue weighted by molar-refractivity contribution is 0.569. The normalized spacial score (nSPS) is 12.0. The number of sulfonamides is 1. The number of nitrogens with one attached hydrogen (secondary N) is 1. The number of rotatable bonds is 3. The smallest absolute Gasteiger partial charge is 0.242 e. The second-order valence-electron chi connectivity index (χ2n) is 3.47. The van der Waals surface area contributed by atoms with Gasteiger partial charge in [0.25, 0.3) is 0 Å². The molecule has 0 aliphatic carbocycles. The van der Waals surface area contributed by atoms with E-state index in [0.29, 0.717) is 0 Å². The summed E-state index contributed by atoms with van der Waals surface area (Å²) in [5.74, 6) is 0. The zero-order valence-corrected chi connectivity index (χ0v) is 9.30. The van der Waals surface area contributed by atoms with Gasteiger partial charge in [0.2, 0.25) is 10.0 Å². The molecule has 0 bridgehead atoms. The molecule has 78 valence electrons. The van der Waals surface area contributed by atoms with Gasteiger partial charge in [-0.2, -0.15) is 0 Å². The van der Waals surface area contributed by atoms with Gasteiger partial charge in [-0.1, -0.05) is 0 Å². The van der Waals surface area contributed by atoms with E-state index in [1.165, 1.54) is 6.20 Å². The van der Waals surface area contributed by atoms with Gasteiger partial charge in [-0.3, -0.25) is 4.98 Å². The summed E-state index contributed by atoms with van der Waals surface area (Å²) < 4.78 is 25.8. The molecule has 0 saturated heterocycles. The third-order valence-electron chi connectivity index (χ3n) is 1.55. The fourth-order valence-electron chi connectivity index (χ4n) is 1.05. The zero-order chi connectivity index (χ0) is 10.8. The average molecular weight is 214 g/mol. The monoisotopic (exact) mass is 214 g/mol. The van der Waals surface area contributed by atoms with Gasteiger partial charge in [-0.15, -0.1) is 0 Å². The molecule has 1 N–H and O–H groups in total. The number of pyridine rings is 1. The molecular formula is C9H14N2O2S. The Hall–Kier alpha value is -0.940. The Morgan fingerprint density at radius 2 is 2.00 bits per heavy atom. The predicted molar refractivity (Wildman–Crippen MR) is 54.4 cm³/mol. The van der Waals surface area contributed by atoms with Gasteiger partial charge in [0.1, 0.15) is 4.90 Å². The highest BCUT2D eigenvalue weighted by molar-refractivity contribution is 7.89. The Labute approximate surface area is 84.4 Å². The number of hydrogen-bond acceptors (Lipinski definition) is 3. The molecule has 0 aliphatic rings. The highest BCUT2D eigenvalue weighted by Gasteiger charge is 2.15. The lowest BCUT2D eigenvalue weighted by Crippen LogP contribution is -2.30. The highest BCUT2D eigenvalue weighted by atomic mass is 32.2. The maximum atomic E-state index is 11.6. The van der Waals surface area contributed by atoms with E-state index < -0.39 is 10.0 Å². The lowest BCUT2D eigenvalue weighted by Gasteiger charge is -2.09. The van der Waals surface area contributed by atoms with Crippen molar-refractivity contribution >= 4 is 10.0 Å². The molecule has 0 aliphatic heterocycles. The predicted octanol–water partition coefficient (Wildman–Crippen LogP) is 1.08. The first-order valence-corrected chi connectivity index (χ1v) is 5.84. The molecule has 0 spiro atoms. The van der Waals surface area contributed by atoms with Crippen LogP contribution in [0.4, 0.5) is 0 Å². The minimum absolute atomic E-state index is 0.111. The van der Waals surface area contributed by atoms with Crippen LogP contribution in [0.3, 0.4) is 0 Å². The first-order valence-electron chi connectivity index (χ1n) is 4.36. The van der Waals surface area contributed by atoms with Gasteiger partial charge in [0.15, 0.2) is 0 Å². The Bertz CT molecular complexity index is 413. The third-order valence-corrected chi connectivity index (χ3v) is 3.18. The van der Waals surface area contributed by atoms with Gasteiger partial charge < -0.3 is 0 Å². The molecule has 0 unspecified atom stereocenters. The van der Waals surface area contributed by atoms with Crippen molar-refractivity contribution in [1.82, 2.24) is 9.71 Å². The van der Waals surface area contributed by atoms with E-state index in [9.17, 15) is 8.42 Å². The summed E-state index contributed by atoms with van der Waals surface area (Å²) in [6.07, 6.45) is 2.96. The van der Waals surface area contributed by atoms with Crippen LogP contribution in [0.25, 0.3) is 0 Å². The van der Waals surface area contributed by atoms with Crippen LogP contribution < -0.4 is 4.72 Å². The second-order valence-corrected chi connectivity index (χ2v) is 5.19. The van der Waals surface area contributed by atoms with Gasteiger partial charge in [0, 0.05) is 18.4 Å². The zero-order valence-electron chi connectivity index (χ0n) is 8.48. The third kappa shape index (κ3) is 2.78. The van der Waals surface area contributed by atoms with Crippen LogP contribution in [0.2, 0.25) is 0 Å². The molecule has 5 heteroatoms. The number of aromatic nitrogens is 1. The molecule has 0 amide bonds. The van der Waals surface area contributed by atoms with E-state index in [1.807, 2.05) is 0 Å². The Morgan fingerprint density at radius 1 is 1.36 bits per heavy atom. The quantitative estimate of drug-likeness (QED) is 0.819. The lowest BCUT2D eigenvalue weighted by atomic mass is 10.3. The molecule has 1 rings (SSSR count). The van der Waals surface area contributed by atoms with Crippen LogP contribution in [-0.4, -0.2) is 19.4 Å². The van der Waals surface area contributed by atoms with Crippen molar-refractivity contribution in [3.8, 4) is 0 Å². The molecule has 1 aromatic heterocycles. The Balaban J connectivity index is 3.05. The molecule has 0 atom stereocenters. The van der Waals surface area contributed by atoms with Gasteiger partial charge >= 0.3 is 0 Å². The fraction of sp³-hybridized carbons (Fsp3) is 0.444. The van der Waals surface area contributed by atoms with Crippen LogP contribution >= 0.6 is 0 Å². The van der Waals surface area contributed by atoms with Crippen LogP contribution in [0.1, 0.15) is 19.4 Å².